The summed E-state index contributed by atoms with van der Waals surface area (Å²) in [6.45, 7) is 2.07. The minimum Gasteiger partial charge on any atom is -0.369 e. The van der Waals surface area contributed by atoms with E-state index in [1.54, 1.807) is 6.07 Å². The summed E-state index contributed by atoms with van der Waals surface area (Å²) < 4.78 is 12.9. The first kappa shape index (κ1) is 11.7. The predicted molar refractivity (Wildman–Crippen MR) is 56.6 cm³/mol. The Morgan fingerprint density at radius 2 is 2.33 bits per heavy atom. The number of hydrogen-bond donors (Lipinski definition) is 2. The molecule has 0 aliphatic heterocycles. The van der Waals surface area contributed by atoms with E-state index in [1.165, 1.54) is 12.1 Å². The number of amides is 1. The van der Waals surface area contributed by atoms with E-state index < -0.39 is 5.91 Å². The highest BCUT2D eigenvalue weighted by Crippen LogP contribution is 2.16. The van der Waals surface area contributed by atoms with E-state index in [9.17, 15) is 9.18 Å². The normalized spacial score (nSPS) is 12.4. The lowest BCUT2D eigenvalue weighted by Gasteiger charge is -2.16. The van der Waals surface area contributed by atoms with Crippen molar-refractivity contribution in [3.05, 3.63) is 35.6 Å². The molecule has 1 rings (SSSR count). The van der Waals surface area contributed by atoms with Gasteiger partial charge in [0.05, 0.1) is 6.54 Å². The molecule has 82 valence electrons. The topological polar surface area (TPSA) is 55.1 Å². The average Bonchev–Trinajstić information content (AvgIpc) is 2.18. The van der Waals surface area contributed by atoms with E-state index in [2.05, 4.69) is 5.32 Å². The zero-order valence-corrected chi connectivity index (χ0v) is 8.66. The van der Waals surface area contributed by atoms with Gasteiger partial charge in [0.15, 0.2) is 0 Å². The van der Waals surface area contributed by atoms with Crippen LogP contribution in [0.15, 0.2) is 24.3 Å². The molecule has 0 aromatic heterocycles. The molecule has 4 heteroatoms. The van der Waals surface area contributed by atoms with E-state index in [1.807, 2.05) is 13.0 Å². The Hall–Kier alpha value is -1.42. The van der Waals surface area contributed by atoms with Gasteiger partial charge in [0.2, 0.25) is 5.91 Å². The van der Waals surface area contributed by atoms with Crippen molar-refractivity contribution >= 4 is 5.91 Å². The lowest BCUT2D eigenvalue weighted by atomic mass is 10.0. The minimum atomic E-state index is -0.412. The SMILES string of the molecule is CCC(NCC(N)=O)c1cccc(F)c1. The number of primary amides is 1. The van der Waals surface area contributed by atoms with Crippen molar-refractivity contribution in [3.63, 3.8) is 0 Å². The van der Waals surface area contributed by atoms with Gasteiger partial charge in [-0.05, 0) is 24.1 Å². The highest BCUT2D eigenvalue weighted by Gasteiger charge is 2.09. The molecule has 0 spiro atoms. The summed E-state index contributed by atoms with van der Waals surface area (Å²) in [6, 6.07) is 6.30. The van der Waals surface area contributed by atoms with Gasteiger partial charge >= 0.3 is 0 Å². The van der Waals surface area contributed by atoms with E-state index in [0.29, 0.717) is 0 Å². The number of benzene rings is 1. The first-order valence-electron chi connectivity index (χ1n) is 4.90. The molecule has 0 saturated carbocycles. The molecule has 1 amide bonds. The van der Waals surface area contributed by atoms with Gasteiger partial charge in [-0.3, -0.25) is 4.79 Å². The fourth-order valence-electron chi connectivity index (χ4n) is 1.45. The number of nitrogens with two attached hydrogens (primary N) is 1. The summed E-state index contributed by atoms with van der Waals surface area (Å²) in [5, 5.41) is 2.97. The molecule has 1 aromatic rings. The Bertz CT molecular complexity index is 341. The number of rotatable bonds is 5. The van der Waals surface area contributed by atoms with Crippen LogP contribution in [0.2, 0.25) is 0 Å². The second-order valence-electron chi connectivity index (χ2n) is 3.36. The van der Waals surface area contributed by atoms with Gasteiger partial charge in [-0.15, -0.1) is 0 Å². The van der Waals surface area contributed by atoms with Crippen molar-refractivity contribution in [3.8, 4) is 0 Å². The maximum Gasteiger partial charge on any atom is 0.231 e. The van der Waals surface area contributed by atoms with Crippen LogP contribution in [-0.2, 0) is 4.79 Å². The summed E-state index contributed by atoms with van der Waals surface area (Å²) in [7, 11) is 0. The minimum absolute atomic E-state index is 0.0341. The van der Waals surface area contributed by atoms with Crippen LogP contribution >= 0.6 is 0 Å². The first-order valence-corrected chi connectivity index (χ1v) is 4.90. The molecule has 0 aliphatic carbocycles. The Kier molecular flexibility index (Phi) is 4.24. The molecule has 0 fully saturated rings. The van der Waals surface area contributed by atoms with Crippen molar-refractivity contribution < 1.29 is 9.18 Å². The third-order valence-corrected chi connectivity index (χ3v) is 2.18. The molecule has 1 aromatic carbocycles. The van der Waals surface area contributed by atoms with Crippen LogP contribution in [-0.4, -0.2) is 12.5 Å². The maximum atomic E-state index is 12.9. The van der Waals surface area contributed by atoms with Crippen LogP contribution in [0.3, 0.4) is 0 Å². The van der Waals surface area contributed by atoms with Crippen molar-refractivity contribution in [1.82, 2.24) is 5.32 Å². The molecule has 0 bridgehead atoms. The summed E-state index contributed by atoms with van der Waals surface area (Å²) in [5.41, 5.74) is 5.86. The molecule has 3 nitrogen and oxygen atoms in total. The first-order chi connectivity index (χ1) is 7.13. The standard InChI is InChI=1S/C11H15FN2O/c1-2-10(14-7-11(13)15)8-4-3-5-9(12)6-8/h3-6,10,14H,2,7H2,1H3,(H2,13,15). The average molecular weight is 210 g/mol. The van der Waals surface area contributed by atoms with Crippen LogP contribution in [0.4, 0.5) is 4.39 Å². The molecule has 1 unspecified atom stereocenters. The summed E-state index contributed by atoms with van der Waals surface area (Å²) >= 11 is 0. The fraction of sp³-hybridized carbons (Fsp3) is 0.364. The number of carbonyl (C=O) groups is 1. The highest BCUT2D eigenvalue weighted by atomic mass is 19.1. The molecule has 0 saturated heterocycles. The highest BCUT2D eigenvalue weighted by molar-refractivity contribution is 5.75. The Morgan fingerprint density at radius 1 is 1.60 bits per heavy atom. The zero-order valence-electron chi connectivity index (χ0n) is 8.66. The maximum absolute atomic E-state index is 12.9. The second kappa shape index (κ2) is 5.46. The smallest absolute Gasteiger partial charge is 0.231 e. The van der Waals surface area contributed by atoms with Gasteiger partial charge in [-0.1, -0.05) is 19.1 Å². The number of carbonyl (C=O) groups excluding carboxylic acids is 1. The van der Waals surface area contributed by atoms with Crippen molar-refractivity contribution in [1.29, 1.82) is 0 Å². The van der Waals surface area contributed by atoms with E-state index >= 15 is 0 Å². The van der Waals surface area contributed by atoms with Crippen molar-refractivity contribution in [2.45, 2.75) is 19.4 Å². The quantitative estimate of drug-likeness (QED) is 0.770. The molecule has 0 heterocycles. The van der Waals surface area contributed by atoms with Gasteiger partial charge in [0.1, 0.15) is 5.82 Å². The van der Waals surface area contributed by atoms with Crippen LogP contribution < -0.4 is 11.1 Å². The van der Waals surface area contributed by atoms with E-state index in [0.717, 1.165) is 12.0 Å². The second-order valence-corrected chi connectivity index (χ2v) is 3.36. The molecule has 3 N–H and O–H groups in total. The monoisotopic (exact) mass is 210 g/mol. The van der Waals surface area contributed by atoms with Crippen LogP contribution in [0, 0.1) is 5.82 Å². The van der Waals surface area contributed by atoms with Gasteiger partial charge in [-0.25, -0.2) is 4.39 Å². The molecule has 0 radical (unpaired) electrons. The summed E-state index contributed by atoms with van der Waals surface area (Å²) in [5.74, 6) is -0.684. The fourth-order valence-corrected chi connectivity index (χ4v) is 1.45. The lowest BCUT2D eigenvalue weighted by molar-refractivity contribution is -0.117. The zero-order chi connectivity index (χ0) is 11.3. The van der Waals surface area contributed by atoms with Crippen LogP contribution in [0.1, 0.15) is 24.9 Å². The number of nitrogens with one attached hydrogen (secondary N) is 1. The Labute approximate surface area is 88.5 Å². The third-order valence-electron chi connectivity index (χ3n) is 2.18. The summed E-state index contributed by atoms with van der Waals surface area (Å²) in [4.78, 5) is 10.6. The molecular formula is C11H15FN2O. The Morgan fingerprint density at radius 3 is 2.87 bits per heavy atom. The van der Waals surface area contributed by atoms with Crippen molar-refractivity contribution in [2.75, 3.05) is 6.54 Å². The Balaban J connectivity index is 2.69. The summed E-state index contributed by atoms with van der Waals surface area (Å²) in [6.07, 6.45) is 0.775. The lowest BCUT2D eigenvalue weighted by Crippen LogP contribution is -2.31. The molecule has 15 heavy (non-hydrogen) atoms. The number of hydrogen-bond acceptors (Lipinski definition) is 2. The van der Waals surface area contributed by atoms with Gasteiger partial charge in [0, 0.05) is 6.04 Å². The third kappa shape index (κ3) is 3.67. The molecular weight excluding hydrogens is 195 g/mol. The van der Waals surface area contributed by atoms with Crippen molar-refractivity contribution in [2.24, 2.45) is 5.73 Å². The number of halogens is 1. The van der Waals surface area contributed by atoms with Gasteiger partial charge in [0.25, 0.3) is 0 Å². The van der Waals surface area contributed by atoms with Gasteiger partial charge in [-0.2, -0.15) is 0 Å². The van der Waals surface area contributed by atoms with E-state index in [4.69, 9.17) is 5.73 Å². The van der Waals surface area contributed by atoms with Crippen LogP contribution in [0.25, 0.3) is 0 Å². The van der Waals surface area contributed by atoms with E-state index in [-0.39, 0.29) is 18.4 Å². The van der Waals surface area contributed by atoms with Crippen LogP contribution in [0.5, 0.6) is 0 Å². The molecule has 1 atom stereocenters. The van der Waals surface area contributed by atoms with Gasteiger partial charge < -0.3 is 11.1 Å². The molecule has 0 aliphatic rings. The largest absolute Gasteiger partial charge is 0.369 e. The predicted octanol–water partition coefficient (Wildman–Crippen LogP) is 1.35.